The number of piperazine rings is 1. The van der Waals surface area contributed by atoms with Crippen LogP contribution in [-0.2, 0) is 0 Å². The van der Waals surface area contributed by atoms with Gasteiger partial charge in [0.15, 0.2) is 0 Å². The molecule has 0 spiro atoms. The first-order valence-electron chi connectivity index (χ1n) is 9.13. The van der Waals surface area contributed by atoms with Gasteiger partial charge in [-0.05, 0) is 45.9 Å². The van der Waals surface area contributed by atoms with Gasteiger partial charge in [0.2, 0.25) is 5.88 Å². The van der Waals surface area contributed by atoms with Gasteiger partial charge in [-0.15, -0.1) is 0 Å². The second-order valence-corrected chi connectivity index (χ2v) is 7.29. The number of pyridine rings is 1. The molecule has 1 aromatic heterocycles. The van der Waals surface area contributed by atoms with Crippen LogP contribution in [0.2, 0.25) is 0 Å². The van der Waals surface area contributed by atoms with Gasteiger partial charge in [0.25, 0.3) is 0 Å². The highest BCUT2D eigenvalue weighted by Gasteiger charge is 2.27. The summed E-state index contributed by atoms with van der Waals surface area (Å²) in [6.07, 6.45) is 2.49. The molecule has 0 atom stereocenters. The lowest BCUT2D eigenvalue weighted by Gasteiger charge is -2.42. The Bertz CT molecular complexity index is 534. The van der Waals surface area contributed by atoms with Gasteiger partial charge in [-0.25, -0.2) is 0 Å². The van der Waals surface area contributed by atoms with Crippen LogP contribution < -0.4 is 15.4 Å². The lowest BCUT2D eigenvalue weighted by molar-refractivity contribution is 0.0981. The summed E-state index contributed by atoms with van der Waals surface area (Å²) in [4.78, 5) is 12.1. The normalized spacial score (nSPS) is 21.4. The van der Waals surface area contributed by atoms with E-state index in [9.17, 15) is 0 Å². The zero-order chi connectivity index (χ0) is 17.1. The second kappa shape index (κ2) is 7.57. The quantitative estimate of drug-likeness (QED) is 0.904. The molecule has 2 saturated heterocycles. The fourth-order valence-electron chi connectivity index (χ4n) is 3.58. The number of anilines is 2. The van der Waals surface area contributed by atoms with Crippen molar-refractivity contribution < 1.29 is 4.74 Å². The molecule has 1 aromatic rings. The molecule has 0 amide bonds. The Morgan fingerprint density at radius 1 is 1.08 bits per heavy atom. The van der Waals surface area contributed by atoms with Crippen molar-refractivity contribution in [2.45, 2.75) is 38.8 Å². The smallest absolute Gasteiger partial charge is 0.239 e. The molecule has 6 heteroatoms. The van der Waals surface area contributed by atoms with Crippen LogP contribution in [-0.4, -0.2) is 73.2 Å². The van der Waals surface area contributed by atoms with Gasteiger partial charge in [-0.1, -0.05) is 0 Å². The first-order chi connectivity index (χ1) is 11.5. The monoisotopic (exact) mass is 333 g/mol. The number of ether oxygens (including phenoxy) is 1. The second-order valence-electron chi connectivity index (χ2n) is 7.29. The Kier molecular flexibility index (Phi) is 5.46. The summed E-state index contributed by atoms with van der Waals surface area (Å²) in [6, 6.07) is 4.64. The predicted octanol–water partition coefficient (Wildman–Crippen LogP) is 1.67. The largest absolute Gasteiger partial charge is 0.473 e. The number of nitrogens with two attached hydrogens (primary N) is 1. The number of nitrogens with zero attached hydrogens (tertiary/aromatic N) is 4. The minimum absolute atomic E-state index is 0.0815. The highest BCUT2D eigenvalue weighted by Crippen LogP contribution is 2.27. The first-order valence-corrected chi connectivity index (χ1v) is 9.13. The van der Waals surface area contributed by atoms with Gasteiger partial charge < -0.3 is 20.3 Å². The van der Waals surface area contributed by atoms with Crippen molar-refractivity contribution in [3.05, 3.63) is 12.1 Å². The highest BCUT2D eigenvalue weighted by molar-refractivity contribution is 5.54. The van der Waals surface area contributed by atoms with E-state index in [1.54, 1.807) is 0 Å². The van der Waals surface area contributed by atoms with Crippen molar-refractivity contribution in [2.75, 3.05) is 56.9 Å². The Hall–Kier alpha value is -1.53. The minimum Gasteiger partial charge on any atom is -0.473 e. The van der Waals surface area contributed by atoms with Gasteiger partial charge in [-0.2, -0.15) is 4.98 Å². The molecule has 2 aliphatic rings. The van der Waals surface area contributed by atoms with Crippen LogP contribution in [0.4, 0.5) is 11.5 Å². The van der Waals surface area contributed by atoms with E-state index in [0.717, 1.165) is 24.9 Å². The molecule has 3 rings (SSSR count). The SMILES string of the molecule is CC(C)Oc1nc(N2CCC(N3CCN(C)CC3)CC2)ccc1N. The number of aromatic nitrogens is 1. The highest BCUT2D eigenvalue weighted by atomic mass is 16.5. The van der Waals surface area contributed by atoms with Crippen LogP contribution >= 0.6 is 0 Å². The maximum absolute atomic E-state index is 5.98. The minimum atomic E-state index is 0.0815. The van der Waals surface area contributed by atoms with Crippen LogP contribution in [0.5, 0.6) is 5.88 Å². The molecule has 2 N–H and O–H groups in total. The van der Waals surface area contributed by atoms with Crippen molar-refractivity contribution >= 4 is 11.5 Å². The molecule has 0 aliphatic carbocycles. The topological polar surface area (TPSA) is 57.9 Å². The van der Waals surface area contributed by atoms with Crippen molar-refractivity contribution in [1.82, 2.24) is 14.8 Å². The van der Waals surface area contributed by atoms with E-state index >= 15 is 0 Å². The van der Waals surface area contributed by atoms with Gasteiger partial charge >= 0.3 is 0 Å². The summed E-state index contributed by atoms with van der Waals surface area (Å²) < 4.78 is 5.73. The van der Waals surface area contributed by atoms with Crippen LogP contribution in [0.15, 0.2) is 12.1 Å². The molecule has 6 nitrogen and oxygen atoms in total. The molecule has 2 fully saturated rings. The third-order valence-electron chi connectivity index (χ3n) is 5.07. The third-order valence-corrected chi connectivity index (χ3v) is 5.07. The summed E-state index contributed by atoms with van der Waals surface area (Å²) in [6.45, 7) is 10.9. The van der Waals surface area contributed by atoms with Gasteiger partial charge in [0.05, 0.1) is 11.8 Å². The summed E-state index contributed by atoms with van der Waals surface area (Å²) in [5, 5.41) is 0. The van der Waals surface area contributed by atoms with E-state index in [2.05, 4.69) is 26.7 Å². The van der Waals surface area contributed by atoms with Crippen LogP contribution in [0.3, 0.4) is 0 Å². The summed E-state index contributed by atoms with van der Waals surface area (Å²) >= 11 is 0. The van der Waals surface area contributed by atoms with E-state index in [4.69, 9.17) is 10.5 Å². The number of nitrogen functional groups attached to an aromatic ring is 1. The standard InChI is InChI=1S/C18H31N5O/c1-14(2)24-18-16(19)4-5-17(20-18)23-8-6-15(7-9-23)22-12-10-21(3)11-13-22/h4-5,14-15H,6-13,19H2,1-3H3. The molecule has 0 radical (unpaired) electrons. The molecule has 0 saturated carbocycles. The Morgan fingerprint density at radius 3 is 2.38 bits per heavy atom. The maximum atomic E-state index is 5.98. The molecule has 3 heterocycles. The van der Waals surface area contributed by atoms with E-state index in [0.29, 0.717) is 11.6 Å². The Labute approximate surface area is 145 Å². The Balaban J connectivity index is 1.58. The van der Waals surface area contributed by atoms with Crippen molar-refractivity contribution in [3.8, 4) is 5.88 Å². The molecule has 24 heavy (non-hydrogen) atoms. The fourth-order valence-corrected chi connectivity index (χ4v) is 3.58. The maximum Gasteiger partial charge on any atom is 0.239 e. The number of likely N-dealkylation sites (N-methyl/N-ethyl adjacent to an activating group) is 1. The average Bonchev–Trinajstić information content (AvgIpc) is 2.57. The van der Waals surface area contributed by atoms with Crippen molar-refractivity contribution in [3.63, 3.8) is 0 Å². The summed E-state index contributed by atoms with van der Waals surface area (Å²) in [5.41, 5.74) is 6.59. The molecular formula is C18H31N5O. The van der Waals surface area contributed by atoms with Gasteiger partial charge in [0, 0.05) is 45.3 Å². The summed E-state index contributed by atoms with van der Waals surface area (Å²) in [5.74, 6) is 1.54. The zero-order valence-corrected chi connectivity index (χ0v) is 15.2. The lowest BCUT2D eigenvalue weighted by atomic mass is 10.0. The molecule has 0 aromatic carbocycles. The number of hydrogen-bond acceptors (Lipinski definition) is 6. The van der Waals surface area contributed by atoms with E-state index in [1.807, 2.05) is 26.0 Å². The van der Waals surface area contributed by atoms with Gasteiger partial charge in [-0.3, -0.25) is 4.90 Å². The average molecular weight is 333 g/mol. The number of rotatable bonds is 4. The van der Waals surface area contributed by atoms with Crippen LogP contribution in [0, 0.1) is 0 Å². The van der Waals surface area contributed by atoms with Crippen LogP contribution in [0.25, 0.3) is 0 Å². The number of hydrogen-bond donors (Lipinski definition) is 1. The molecular weight excluding hydrogens is 302 g/mol. The molecule has 2 aliphatic heterocycles. The van der Waals surface area contributed by atoms with E-state index in [-0.39, 0.29) is 6.10 Å². The molecule has 134 valence electrons. The van der Waals surface area contributed by atoms with Gasteiger partial charge in [0.1, 0.15) is 5.82 Å². The summed E-state index contributed by atoms with van der Waals surface area (Å²) in [7, 11) is 2.21. The fraction of sp³-hybridized carbons (Fsp3) is 0.722. The third kappa shape index (κ3) is 4.11. The van der Waals surface area contributed by atoms with E-state index < -0.39 is 0 Å². The van der Waals surface area contributed by atoms with Crippen LogP contribution in [0.1, 0.15) is 26.7 Å². The lowest BCUT2D eigenvalue weighted by Crippen LogP contribution is -2.52. The van der Waals surface area contributed by atoms with E-state index in [1.165, 1.54) is 39.0 Å². The number of piperidine rings is 1. The van der Waals surface area contributed by atoms with Crippen molar-refractivity contribution in [2.24, 2.45) is 0 Å². The predicted molar refractivity (Wildman–Crippen MR) is 98.7 cm³/mol. The molecule has 0 bridgehead atoms. The Morgan fingerprint density at radius 2 is 1.75 bits per heavy atom. The zero-order valence-electron chi connectivity index (χ0n) is 15.2. The molecule has 0 unspecified atom stereocenters. The first kappa shape index (κ1) is 17.3. The van der Waals surface area contributed by atoms with Crippen molar-refractivity contribution in [1.29, 1.82) is 0 Å².